The monoisotopic (exact) mass is 198 g/mol. The molecule has 1 aromatic rings. The van der Waals surface area contributed by atoms with Crippen LogP contribution in [0, 0.1) is 13.8 Å². The fourth-order valence-corrected chi connectivity index (χ4v) is 2.21. The van der Waals surface area contributed by atoms with Crippen LogP contribution in [0.1, 0.15) is 46.6 Å². The largest absolute Gasteiger partial charge is 0.0984 e. The lowest BCUT2D eigenvalue weighted by atomic mass is 9.90. The van der Waals surface area contributed by atoms with E-state index >= 15 is 0 Å². The SMILES string of the molecule is C=Cc1c(C2CC2)cc(C)c(C)c1C=C. The van der Waals surface area contributed by atoms with Gasteiger partial charge in [-0.05, 0) is 60.4 Å². The molecule has 0 heterocycles. The van der Waals surface area contributed by atoms with Gasteiger partial charge in [0, 0.05) is 0 Å². The van der Waals surface area contributed by atoms with Gasteiger partial charge in [-0.25, -0.2) is 0 Å². The zero-order valence-corrected chi connectivity index (χ0v) is 9.64. The van der Waals surface area contributed by atoms with E-state index in [2.05, 4.69) is 33.1 Å². The minimum Gasteiger partial charge on any atom is -0.0984 e. The molecule has 0 radical (unpaired) electrons. The number of hydrogen-bond acceptors (Lipinski definition) is 0. The summed E-state index contributed by atoms with van der Waals surface area (Å²) in [6.45, 7) is 12.2. The van der Waals surface area contributed by atoms with Crippen molar-refractivity contribution in [3.8, 4) is 0 Å². The second-order valence-electron chi connectivity index (χ2n) is 4.42. The first-order chi connectivity index (χ1) is 7.19. The third kappa shape index (κ3) is 1.65. The van der Waals surface area contributed by atoms with Gasteiger partial charge in [0.1, 0.15) is 0 Å². The second-order valence-corrected chi connectivity index (χ2v) is 4.42. The molecule has 1 aromatic carbocycles. The highest BCUT2D eigenvalue weighted by Crippen LogP contribution is 2.44. The summed E-state index contributed by atoms with van der Waals surface area (Å²) in [5.41, 5.74) is 6.76. The maximum atomic E-state index is 3.93. The van der Waals surface area contributed by atoms with Crippen molar-refractivity contribution >= 4 is 12.2 Å². The average molecular weight is 198 g/mol. The molecule has 0 nitrogen and oxygen atoms in total. The Labute approximate surface area is 92.3 Å². The molecule has 0 N–H and O–H groups in total. The maximum absolute atomic E-state index is 3.93. The fraction of sp³-hybridized carbons (Fsp3) is 0.333. The van der Waals surface area contributed by atoms with E-state index in [0.29, 0.717) is 0 Å². The molecule has 0 atom stereocenters. The van der Waals surface area contributed by atoms with Crippen LogP contribution in [0.2, 0.25) is 0 Å². The van der Waals surface area contributed by atoms with Crippen molar-refractivity contribution in [2.24, 2.45) is 0 Å². The predicted molar refractivity (Wildman–Crippen MR) is 68.1 cm³/mol. The summed E-state index contributed by atoms with van der Waals surface area (Å²) in [4.78, 5) is 0. The maximum Gasteiger partial charge on any atom is -0.0152 e. The van der Waals surface area contributed by atoms with Gasteiger partial charge in [0.15, 0.2) is 0 Å². The molecular formula is C15H18. The summed E-state index contributed by atoms with van der Waals surface area (Å²) in [5.74, 6) is 0.774. The van der Waals surface area contributed by atoms with Crippen molar-refractivity contribution in [3.05, 3.63) is 47.0 Å². The summed E-state index contributed by atoms with van der Waals surface area (Å²) >= 11 is 0. The molecule has 2 rings (SSSR count). The summed E-state index contributed by atoms with van der Waals surface area (Å²) in [6.07, 6.45) is 6.61. The minimum absolute atomic E-state index is 0.774. The summed E-state index contributed by atoms with van der Waals surface area (Å²) in [7, 11) is 0. The van der Waals surface area contributed by atoms with E-state index in [1.807, 2.05) is 12.2 Å². The Morgan fingerprint density at radius 1 is 1.13 bits per heavy atom. The number of rotatable bonds is 3. The summed E-state index contributed by atoms with van der Waals surface area (Å²) < 4.78 is 0. The van der Waals surface area contributed by atoms with Crippen molar-refractivity contribution in [3.63, 3.8) is 0 Å². The molecule has 1 aliphatic carbocycles. The van der Waals surface area contributed by atoms with E-state index in [-0.39, 0.29) is 0 Å². The van der Waals surface area contributed by atoms with E-state index in [0.717, 1.165) is 5.92 Å². The third-order valence-corrected chi connectivity index (χ3v) is 3.39. The van der Waals surface area contributed by atoms with Gasteiger partial charge in [-0.1, -0.05) is 31.4 Å². The van der Waals surface area contributed by atoms with E-state index in [4.69, 9.17) is 0 Å². The lowest BCUT2D eigenvalue weighted by Gasteiger charge is -2.14. The van der Waals surface area contributed by atoms with Gasteiger partial charge in [0.25, 0.3) is 0 Å². The Morgan fingerprint density at radius 3 is 2.20 bits per heavy atom. The highest BCUT2D eigenvalue weighted by atomic mass is 14.3. The highest BCUT2D eigenvalue weighted by Gasteiger charge is 2.26. The Balaban J connectivity index is 2.69. The van der Waals surface area contributed by atoms with Gasteiger partial charge in [0.05, 0.1) is 0 Å². The first-order valence-electron chi connectivity index (χ1n) is 5.58. The molecule has 1 saturated carbocycles. The molecule has 0 aromatic heterocycles. The zero-order chi connectivity index (χ0) is 11.0. The molecule has 0 unspecified atom stereocenters. The number of hydrogen-bond donors (Lipinski definition) is 0. The van der Waals surface area contributed by atoms with E-state index in [1.54, 1.807) is 0 Å². The summed E-state index contributed by atoms with van der Waals surface area (Å²) in [5, 5.41) is 0. The Morgan fingerprint density at radius 2 is 1.73 bits per heavy atom. The van der Waals surface area contributed by atoms with Crippen LogP contribution in [0.3, 0.4) is 0 Å². The van der Waals surface area contributed by atoms with Gasteiger partial charge in [-0.15, -0.1) is 0 Å². The quantitative estimate of drug-likeness (QED) is 0.672. The normalized spacial score (nSPS) is 15.1. The molecule has 0 aliphatic heterocycles. The zero-order valence-electron chi connectivity index (χ0n) is 9.64. The Bertz CT molecular complexity index is 420. The Hall–Kier alpha value is -1.30. The second kappa shape index (κ2) is 3.69. The minimum atomic E-state index is 0.774. The molecule has 1 fully saturated rings. The van der Waals surface area contributed by atoms with Crippen LogP contribution < -0.4 is 0 Å². The van der Waals surface area contributed by atoms with E-state index in [9.17, 15) is 0 Å². The number of aryl methyl sites for hydroxylation is 1. The fourth-order valence-electron chi connectivity index (χ4n) is 2.21. The molecule has 15 heavy (non-hydrogen) atoms. The van der Waals surface area contributed by atoms with Gasteiger partial charge in [-0.2, -0.15) is 0 Å². The van der Waals surface area contributed by atoms with Crippen molar-refractivity contribution in [2.75, 3.05) is 0 Å². The van der Waals surface area contributed by atoms with Gasteiger partial charge < -0.3 is 0 Å². The lowest BCUT2D eigenvalue weighted by Crippen LogP contribution is -1.96. The van der Waals surface area contributed by atoms with Crippen molar-refractivity contribution < 1.29 is 0 Å². The topological polar surface area (TPSA) is 0 Å². The molecule has 1 aliphatic rings. The molecule has 0 heteroatoms. The molecular weight excluding hydrogens is 180 g/mol. The molecule has 0 saturated heterocycles. The van der Waals surface area contributed by atoms with Crippen molar-refractivity contribution in [2.45, 2.75) is 32.6 Å². The lowest BCUT2D eigenvalue weighted by molar-refractivity contribution is 1.10. The predicted octanol–water partition coefficient (Wildman–Crippen LogP) is 4.47. The average Bonchev–Trinajstić information content (AvgIpc) is 3.04. The van der Waals surface area contributed by atoms with Crippen molar-refractivity contribution in [1.82, 2.24) is 0 Å². The van der Waals surface area contributed by atoms with Gasteiger partial charge in [-0.3, -0.25) is 0 Å². The van der Waals surface area contributed by atoms with Crippen LogP contribution in [0.25, 0.3) is 12.2 Å². The first-order valence-corrected chi connectivity index (χ1v) is 5.58. The van der Waals surface area contributed by atoms with Gasteiger partial charge in [0.2, 0.25) is 0 Å². The van der Waals surface area contributed by atoms with E-state index < -0.39 is 0 Å². The smallest absolute Gasteiger partial charge is 0.0152 e. The Kier molecular flexibility index (Phi) is 2.52. The van der Waals surface area contributed by atoms with Crippen LogP contribution in [-0.2, 0) is 0 Å². The molecule has 0 spiro atoms. The van der Waals surface area contributed by atoms with Gasteiger partial charge >= 0.3 is 0 Å². The van der Waals surface area contributed by atoms with Crippen LogP contribution in [0.4, 0.5) is 0 Å². The van der Waals surface area contributed by atoms with Crippen LogP contribution in [0.5, 0.6) is 0 Å². The first kappa shape index (κ1) is 10.2. The summed E-state index contributed by atoms with van der Waals surface area (Å²) in [6, 6.07) is 2.33. The third-order valence-electron chi connectivity index (χ3n) is 3.39. The standard InChI is InChI=1S/C15H18/c1-5-13-11(4)10(3)9-15(12-7-8-12)14(13)6-2/h5-6,9,12H,1-2,7-8H2,3-4H3. The molecule has 0 bridgehead atoms. The number of benzene rings is 1. The highest BCUT2D eigenvalue weighted by molar-refractivity contribution is 5.71. The van der Waals surface area contributed by atoms with Crippen LogP contribution in [-0.4, -0.2) is 0 Å². The van der Waals surface area contributed by atoms with E-state index in [1.165, 1.54) is 40.7 Å². The van der Waals surface area contributed by atoms with Crippen LogP contribution in [0.15, 0.2) is 19.2 Å². The molecule has 0 amide bonds. The van der Waals surface area contributed by atoms with Crippen LogP contribution >= 0.6 is 0 Å². The van der Waals surface area contributed by atoms with Crippen molar-refractivity contribution in [1.29, 1.82) is 0 Å². The molecule has 78 valence electrons.